The number of phenolic OH excluding ortho intramolecular Hbond substituents is 1. The van der Waals surface area contributed by atoms with Gasteiger partial charge >= 0.3 is 5.97 Å². The summed E-state index contributed by atoms with van der Waals surface area (Å²) in [5.41, 5.74) is 3.64. The van der Waals surface area contributed by atoms with Crippen molar-refractivity contribution in [2.45, 2.75) is 57.3 Å². The SMILES string of the molecule is CC(C)(Cc1ccc2ccccc2c1)NC[C@@H](O)[C@H]1CCCN1Cc1cc2cc(OCC(=O)O)ccc2nc1Cl.O=Cc1cc2cc(O)ccc2nc1Cl. The monoisotopic (exact) mass is 768 g/mol. The first-order valence-electron chi connectivity index (χ1n) is 17.7. The Morgan fingerprint density at radius 2 is 1.67 bits per heavy atom. The van der Waals surface area contributed by atoms with Gasteiger partial charge in [-0.1, -0.05) is 65.7 Å². The third-order valence-electron chi connectivity index (χ3n) is 9.56. The molecule has 0 unspecified atom stereocenters. The Morgan fingerprint density at radius 3 is 2.43 bits per heavy atom. The highest BCUT2D eigenvalue weighted by atomic mass is 35.5. The summed E-state index contributed by atoms with van der Waals surface area (Å²) in [7, 11) is 0. The highest BCUT2D eigenvalue weighted by molar-refractivity contribution is 6.32. The first kappa shape index (κ1) is 38.9. The molecule has 12 heteroatoms. The van der Waals surface area contributed by atoms with Gasteiger partial charge in [-0.3, -0.25) is 9.69 Å². The average Bonchev–Trinajstić information content (AvgIpc) is 3.61. The zero-order valence-electron chi connectivity index (χ0n) is 30.0. The number of aromatic hydroxyl groups is 1. The van der Waals surface area contributed by atoms with E-state index in [1.54, 1.807) is 30.3 Å². The van der Waals surface area contributed by atoms with Crippen molar-refractivity contribution in [3.63, 3.8) is 0 Å². The standard InChI is InChI=1S/C32H36ClN3O4.C10H6ClNO2/c1-32(2,17-21-9-10-22-6-3-4-7-23(22)14-21)34-18-29(37)28-8-5-13-36(28)19-25-15-24-16-26(40-20-30(38)39)11-12-27(24)35-31(25)33;11-10-7(5-13)3-6-4-8(14)1-2-9(6)12-10/h3-4,6-7,9-12,14-16,28-29,34,37H,5,8,13,17-20H2,1-2H3,(H,38,39);1-5,14H/t28-,29-;/m1./s1. The van der Waals surface area contributed by atoms with E-state index in [0.717, 1.165) is 36.8 Å². The van der Waals surface area contributed by atoms with E-state index in [0.29, 0.717) is 52.3 Å². The highest BCUT2D eigenvalue weighted by Crippen LogP contribution is 2.29. The number of carboxylic acid groups (broad SMARTS) is 1. The smallest absolute Gasteiger partial charge is 0.341 e. The Hall–Kier alpha value is -4.84. The number of carbonyl (C=O) groups excluding carboxylic acids is 1. The molecular formula is C42H42Cl2N4O6. The molecule has 0 bridgehead atoms. The Balaban J connectivity index is 0.000000297. The molecule has 0 radical (unpaired) electrons. The number of nitrogens with one attached hydrogen (secondary N) is 1. The van der Waals surface area contributed by atoms with E-state index in [2.05, 4.69) is 76.5 Å². The second-order valence-electron chi connectivity index (χ2n) is 14.2. The number of fused-ring (bicyclic) bond motifs is 3. The van der Waals surface area contributed by atoms with Crippen LogP contribution in [0.25, 0.3) is 32.6 Å². The topological polar surface area (TPSA) is 145 Å². The molecule has 2 aromatic heterocycles. The van der Waals surface area contributed by atoms with E-state index >= 15 is 0 Å². The van der Waals surface area contributed by atoms with Crippen LogP contribution in [0, 0.1) is 0 Å². The lowest BCUT2D eigenvalue weighted by atomic mass is 9.93. The molecular weight excluding hydrogens is 727 g/mol. The minimum absolute atomic E-state index is 0.0148. The molecule has 0 amide bonds. The molecule has 280 valence electrons. The van der Waals surface area contributed by atoms with Crippen LogP contribution in [0.4, 0.5) is 0 Å². The second-order valence-corrected chi connectivity index (χ2v) is 14.9. The molecule has 2 atom stereocenters. The van der Waals surface area contributed by atoms with Gasteiger partial charge < -0.3 is 25.4 Å². The number of rotatable bonds is 12. The zero-order chi connectivity index (χ0) is 38.4. The van der Waals surface area contributed by atoms with Crippen LogP contribution in [0.3, 0.4) is 0 Å². The molecule has 7 rings (SSSR count). The van der Waals surface area contributed by atoms with E-state index in [-0.39, 0.29) is 22.5 Å². The van der Waals surface area contributed by atoms with Crippen molar-refractivity contribution in [1.82, 2.24) is 20.2 Å². The molecule has 0 saturated carbocycles. The van der Waals surface area contributed by atoms with Gasteiger partial charge in [0.15, 0.2) is 12.9 Å². The molecule has 10 nitrogen and oxygen atoms in total. The number of benzene rings is 4. The number of pyridine rings is 2. The fourth-order valence-corrected chi connectivity index (χ4v) is 7.30. The maximum absolute atomic E-state index is 11.2. The number of β-amino-alcohol motifs (C(OH)–C–C–N with tert-alkyl or cyclic N) is 1. The number of likely N-dealkylation sites (tertiary alicyclic amines) is 1. The number of aldehydes is 1. The van der Waals surface area contributed by atoms with E-state index in [4.69, 9.17) is 33.0 Å². The van der Waals surface area contributed by atoms with Crippen molar-refractivity contribution >= 4 is 68.0 Å². The number of halogens is 2. The molecule has 1 aliphatic rings. The van der Waals surface area contributed by atoms with Crippen LogP contribution in [0.1, 0.15) is 48.2 Å². The zero-order valence-corrected chi connectivity index (χ0v) is 31.5. The molecule has 4 aromatic carbocycles. The predicted octanol–water partition coefficient (Wildman–Crippen LogP) is 7.85. The largest absolute Gasteiger partial charge is 0.508 e. The molecule has 3 heterocycles. The van der Waals surface area contributed by atoms with Crippen molar-refractivity contribution in [1.29, 1.82) is 0 Å². The Labute approximate surface area is 323 Å². The lowest BCUT2D eigenvalue weighted by Crippen LogP contribution is -2.50. The lowest BCUT2D eigenvalue weighted by Gasteiger charge is -2.33. The van der Waals surface area contributed by atoms with Crippen molar-refractivity contribution in [2.24, 2.45) is 0 Å². The van der Waals surface area contributed by atoms with Gasteiger partial charge in [0, 0.05) is 41.0 Å². The number of phenols is 1. The Morgan fingerprint density at radius 1 is 0.944 bits per heavy atom. The average molecular weight is 770 g/mol. The van der Waals surface area contributed by atoms with Crippen LogP contribution in [0.5, 0.6) is 11.5 Å². The first-order chi connectivity index (χ1) is 25.9. The summed E-state index contributed by atoms with van der Waals surface area (Å²) in [5, 5.41) is 37.6. The van der Waals surface area contributed by atoms with Gasteiger partial charge in [-0.15, -0.1) is 0 Å². The number of aliphatic carboxylic acids is 1. The number of hydrogen-bond donors (Lipinski definition) is 4. The van der Waals surface area contributed by atoms with Crippen LogP contribution < -0.4 is 10.1 Å². The van der Waals surface area contributed by atoms with Gasteiger partial charge in [-0.25, -0.2) is 14.8 Å². The number of carbonyl (C=O) groups is 2. The summed E-state index contributed by atoms with van der Waals surface area (Å²) in [6.07, 6.45) is 2.89. The first-order valence-corrected chi connectivity index (χ1v) is 18.5. The third kappa shape index (κ3) is 9.82. The normalized spacial score (nSPS) is 15.2. The van der Waals surface area contributed by atoms with E-state index in [9.17, 15) is 19.8 Å². The van der Waals surface area contributed by atoms with E-state index in [1.807, 2.05) is 6.07 Å². The molecule has 6 aromatic rings. The second kappa shape index (κ2) is 17.1. The van der Waals surface area contributed by atoms with Crippen molar-refractivity contribution < 1.29 is 29.6 Å². The Kier molecular flexibility index (Phi) is 12.3. The molecule has 1 aliphatic heterocycles. The van der Waals surface area contributed by atoms with Crippen LogP contribution in [-0.2, 0) is 17.8 Å². The van der Waals surface area contributed by atoms with Crippen LogP contribution in [0.15, 0.2) is 91.0 Å². The predicted molar refractivity (Wildman–Crippen MR) is 213 cm³/mol. The molecule has 0 aliphatic carbocycles. The minimum atomic E-state index is -1.03. The van der Waals surface area contributed by atoms with Crippen molar-refractivity contribution in [3.8, 4) is 11.5 Å². The van der Waals surface area contributed by atoms with Gasteiger partial charge in [0.05, 0.1) is 22.7 Å². The quantitative estimate of drug-likeness (QED) is 0.0718. The van der Waals surface area contributed by atoms with Crippen molar-refractivity contribution in [2.75, 3.05) is 19.7 Å². The summed E-state index contributed by atoms with van der Waals surface area (Å²) in [6.45, 7) is 5.89. The fraction of sp³-hybridized carbons (Fsp3) is 0.286. The third-order valence-corrected chi connectivity index (χ3v) is 10.2. The summed E-state index contributed by atoms with van der Waals surface area (Å²) < 4.78 is 5.33. The van der Waals surface area contributed by atoms with Gasteiger partial charge in [-0.05, 0) is 105 Å². The number of carboxylic acids is 1. The van der Waals surface area contributed by atoms with Gasteiger partial charge in [0.25, 0.3) is 0 Å². The number of hydrogen-bond acceptors (Lipinski definition) is 9. The molecule has 1 fully saturated rings. The van der Waals surface area contributed by atoms with Crippen LogP contribution in [0.2, 0.25) is 10.3 Å². The number of nitrogens with zero attached hydrogens (tertiary/aromatic N) is 3. The lowest BCUT2D eigenvalue weighted by molar-refractivity contribution is -0.139. The number of aliphatic hydroxyl groups is 1. The number of aliphatic hydroxyl groups excluding tert-OH is 1. The van der Waals surface area contributed by atoms with E-state index < -0.39 is 18.7 Å². The van der Waals surface area contributed by atoms with Gasteiger partial charge in [0.1, 0.15) is 21.8 Å². The molecule has 54 heavy (non-hydrogen) atoms. The summed E-state index contributed by atoms with van der Waals surface area (Å²) in [5.74, 6) is -0.421. The highest BCUT2D eigenvalue weighted by Gasteiger charge is 2.32. The maximum Gasteiger partial charge on any atom is 0.341 e. The molecule has 1 saturated heterocycles. The number of ether oxygens (including phenoxy) is 1. The Bertz CT molecular complexity index is 2300. The maximum atomic E-state index is 11.2. The van der Waals surface area contributed by atoms with E-state index in [1.165, 1.54) is 28.5 Å². The summed E-state index contributed by atoms with van der Waals surface area (Å²) >= 11 is 12.3. The number of aromatic nitrogens is 2. The summed E-state index contributed by atoms with van der Waals surface area (Å²) in [4.78, 5) is 32.3. The molecule has 0 spiro atoms. The minimum Gasteiger partial charge on any atom is -0.508 e. The molecule has 4 N–H and O–H groups in total. The van der Waals surface area contributed by atoms with Gasteiger partial charge in [0.2, 0.25) is 0 Å². The van der Waals surface area contributed by atoms with Crippen LogP contribution >= 0.6 is 23.2 Å². The van der Waals surface area contributed by atoms with Gasteiger partial charge in [-0.2, -0.15) is 0 Å². The fourth-order valence-electron chi connectivity index (χ4n) is 6.90. The summed E-state index contributed by atoms with van der Waals surface area (Å²) in [6, 6.07) is 28.5. The van der Waals surface area contributed by atoms with Crippen molar-refractivity contribution in [3.05, 3.63) is 118 Å². The van der Waals surface area contributed by atoms with Crippen LogP contribution in [-0.4, -0.2) is 79.8 Å².